The average molecular weight is 773 g/mol. The molecule has 7 atom stereocenters. The molecule has 4 aliphatic rings. The Morgan fingerprint density at radius 3 is 2.18 bits per heavy atom. The van der Waals surface area contributed by atoms with Gasteiger partial charge in [0.05, 0.1) is 24.1 Å². The first kappa shape index (κ1) is 39.4. The molecule has 0 radical (unpaired) electrons. The second kappa shape index (κ2) is 15.8. The number of likely N-dealkylation sites (tertiary alicyclic amines) is 1. The minimum atomic E-state index is -1.69. The van der Waals surface area contributed by atoms with Crippen LogP contribution in [0.15, 0.2) is 17.1 Å². The van der Waals surface area contributed by atoms with E-state index in [2.05, 4.69) is 5.32 Å². The van der Waals surface area contributed by atoms with E-state index in [-0.39, 0.29) is 40.7 Å². The van der Waals surface area contributed by atoms with Crippen molar-refractivity contribution in [2.45, 2.75) is 103 Å². The van der Waals surface area contributed by atoms with Crippen LogP contribution < -0.4 is 20.4 Å². The number of fused-ring (bicyclic) bond motifs is 2. The van der Waals surface area contributed by atoms with E-state index in [0.29, 0.717) is 38.0 Å². The van der Waals surface area contributed by atoms with Gasteiger partial charge < -0.3 is 48.1 Å². The van der Waals surface area contributed by atoms with Crippen molar-refractivity contribution in [3.8, 4) is 5.75 Å². The summed E-state index contributed by atoms with van der Waals surface area (Å²) in [5, 5.41) is 2.44. The normalized spacial score (nSPS) is 26.1. The molecular formula is C37H45FN4O13. The van der Waals surface area contributed by atoms with Crippen molar-refractivity contribution in [1.82, 2.24) is 14.8 Å². The number of anilines is 1. The number of nitrogens with one attached hydrogen (secondary N) is 1. The lowest BCUT2D eigenvalue weighted by Crippen LogP contribution is -2.67. The third-order valence-corrected chi connectivity index (χ3v) is 10.4. The zero-order chi connectivity index (χ0) is 39.9. The number of carbonyl (C=O) groups is 6. The molecule has 0 spiro atoms. The highest BCUT2D eigenvalue weighted by atomic mass is 19.1. The number of amides is 2. The highest BCUT2D eigenvalue weighted by Gasteiger charge is 2.53. The van der Waals surface area contributed by atoms with Crippen LogP contribution in [0.1, 0.15) is 76.7 Å². The number of hydrogen-bond donors (Lipinski definition) is 1. The Balaban J connectivity index is 1.41. The standard InChI is InChI=1S/C37H45FN4O13/c1-17(43)41-11-7-8-22-13-40(15-27(22)41)31-26(38)12-24-30(35(31)50-6)42(23-9-10-23)14-25(32(24)48)36(49)39-29-34(53-20(4)46)33(52-19(3)45)28(16-51-18(2)44)55-37(29)54-21(5)47/h12,14,22-23,27-29,33-34,37H,7-11,13,15-16H2,1-6H3,(H,39,49)/t22-,27+,28+,29+,33+,34+,37?/m0/s1. The van der Waals surface area contributed by atoms with Crippen LogP contribution in [0.5, 0.6) is 5.75 Å². The molecule has 1 saturated carbocycles. The van der Waals surface area contributed by atoms with Crippen LogP contribution >= 0.6 is 0 Å². The highest BCUT2D eigenvalue weighted by Crippen LogP contribution is 2.45. The van der Waals surface area contributed by atoms with E-state index in [1.165, 1.54) is 20.2 Å². The molecule has 1 aromatic carbocycles. The van der Waals surface area contributed by atoms with Gasteiger partial charge in [-0.1, -0.05) is 0 Å². The molecule has 1 aliphatic carbocycles. The van der Waals surface area contributed by atoms with Crippen molar-refractivity contribution in [2.75, 3.05) is 38.3 Å². The van der Waals surface area contributed by atoms with E-state index < -0.39 is 83.8 Å². The molecule has 6 rings (SSSR count). The minimum absolute atomic E-state index is 0.0438. The van der Waals surface area contributed by atoms with Gasteiger partial charge in [-0.2, -0.15) is 0 Å². The molecule has 2 amide bonds. The van der Waals surface area contributed by atoms with Crippen molar-refractivity contribution in [3.05, 3.63) is 33.9 Å². The first-order valence-corrected chi connectivity index (χ1v) is 18.2. The largest absolute Gasteiger partial charge is 0.492 e. The molecule has 1 N–H and O–H groups in total. The third-order valence-electron chi connectivity index (χ3n) is 10.4. The number of aromatic nitrogens is 1. The van der Waals surface area contributed by atoms with Crippen LogP contribution in [0.25, 0.3) is 10.9 Å². The van der Waals surface area contributed by atoms with E-state index in [1.807, 2.05) is 9.80 Å². The van der Waals surface area contributed by atoms with Gasteiger partial charge in [-0.25, -0.2) is 4.39 Å². The lowest BCUT2D eigenvalue weighted by Gasteiger charge is -2.44. The fourth-order valence-electron chi connectivity index (χ4n) is 8.04. The summed E-state index contributed by atoms with van der Waals surface area (Å²) in [7, 11) is 1.38. The third kappa shape index (κ3) is 8.09. The molecule has 3 saturated heterocycles. The van der Waals surface area contributed by atoms with Crippen molar-refractivity contribution in [3.63, 3.8) is 0 Å². The molecule has 55 heavy (non-hydrogen) atoms. The predicted octanol–water partition coefficient (Wildman–Crippen LogP) is 1.74. The second-order valence-corrected chi connectivity index (χ2v) is 14.3. The number of benzene rings is 1. The molecule has 18 heteroatoms. The lowest BCUT2D eigenvalue weighted by atomic mass is 9.92. The summed E-state index contributed by atoms with van der Waals surface area (Å²) in [6, 6.07) is -0.744. The molecule has 4 fully saturated rings. The van der Waals surface area contributed by atoms with Gasteiger partial charge in [0.1, 0.15) is 30.0 Å². The number of carbonyl (C=O) groups excluding carboxylic acids is 6. The first-order chi connectivity index (χ1) is 26.1. The van der Waals surface area contributed by atoms with Crippen LogP contribution in [0.3, 0.4) is 0 Å². The number of nitrogens with zero attached hydrogens (tertiary/aromatic N) is 3. The summed E-state index contributed by atoms with van der Waals surface area (Å²) in [5.74, 6) is -4.86. The molecule has 1 aromatic heterocycles. The topological polar surface area (TPSA) is 198 Å². The zero-order valence-corrected chi connectivity index (χ0v) is 31.5. The first-order valence-electron chi connectivity index (χ1n) is 18.2. The van der Waals surface area contributed by atoms with Crippen molar-refractivity contribution in [1.29, 1.82) is 0 Å². The highest BCUT2D eigenvalue weighted by molar-refractivity contribution is 6.00. The SMILES string of the molecule is COc1c(N2C[C@@H]3CCCN(C(C)=O)[C@@H]3C2)c(F)cc2c(=O)c(C(=O)N[C@H]3C(OC(C)=O)O[C@H](COC(C)=O)[C@@H](OC(C)=O)[C@@H]3OC(C)=O)cn(C3CC3)c12. The Labute approximate surface area is 315 Å². The number of piperidine rings is 1. The number of rotatable bonds is 10. The molecule has 298 valence electrons. The Morgan fingerprint density at radius 1 is 0.909 bits per heavy atom. The molecule has 1 unspecified atom stereocenters. The molecule has 0 bridgehead atoms. The quantitative estimate of drug-likeness (QED) is 0.271. The Bertz CT molecular complexity index is 1960. The molecule has 4 heterocycles. The zero-order valence-electron chi connectivity index (χ0n) is 31.5. The summed E-state index contributed by atoms with van der Waals surface area (Å²) < 4.78 is 51.2. The Morgan fingerprint density at radius 2 is 1.58 bits per heavy atom. The monoisotopic (exact) mass is 772 g/mol. The Kier molecular flexibility index (Phi) is 11.4. The van der Waals surface area contributed by atoms with Gasteiger partial charge >= 0.3 is 23.9 Å². The van der Waals surface area contributed by atoms with E-state index in [1.54, 1.807) is 4.57 Å². The van der Waals surface area contributed by atoms with E-state index in [9.17, 15) is 33.6 Å². The predicted molar refractivity (Wildman–Crippen MR) is 189 cm³/mol. The smallest absolute Gasteiger partial charge is 0.305 e. The lowest BCUT2D eigenvalue weighted by molar-refractivity contribution is -0.270. The number of ether oxygens (including phenoxy) is 6. The summed E-state index contributed by atoms with van der Waals surface area (Å²) in [6.45, 7) is 6.83. The van der Waals surface area contributed by atoms with Gasteiger partial charge in [0.2, 0.25) is 17.6 Å². The molecular weight excluding hydrogens is 727 g/mol. The number of methoxy groups -OCH3 is 1. The fraction of sp³-hybridized carbons (Fsp3) is 0.595. The Hall–Kier alpha value is -5.26. The van der Waals surface area contributed by atoms with Crippen molar-refractivity contribution in [2.24, 2.45) is 5.92 Å². The molecule has 17 nitrogen and oxygen atoms in total. The van der Waals surface area contributed by atoms with Gasteiger partial charge in [-0.15, -0.1) is 0 Å². The second-order valence-electron chi connectivity index (χ2n) is 14.3. The maximum Gasteiger partial charge on any atom is 0.305 e. The van der Waals surface area contributed by atoms with Gasteiger partial charge in [-0.05, 0) is 37.7 Å². The summed E-state index contributed by atoms with van der Waals surface area (Å²) in [5.41, 5.74) is -0.820. The minimum Gasteiger partial charge on any atom is -0.492 e. The van der Waals surface area contributed by atoms with Crippen LogP contribution in [-0.2, 0) is 47.7 Å². The van der Waals surface area contributed by atoms with Gasteiger partial charge in [-0.3, -0.25) is 33.6 Å². The number of esters is 4. The van der Waals surface area contributed by atoms with E-state index in [4.69, 9.17) is 28.4 Å². The van der Waals surface area contributed by atoms with Crippen LogP contribution in [0.2, 0.25) is 0 Å². The van der Waals surface area contributed by atoms with Crippen LogP contribution in [0, 0.1) is 11.7 Å². The van der Waals surface area contributed by atoms with E-state index >= 15 is 4.39 Å². The number of pyridine rings is 1. The van der Waals surface area contributed by atoms with Gasteiger partial charge in [0, 0.05) is 66.5 Å². The number of halogens is 1. The number of hydrogen-bond acceptors (Lipinski definition) is 14. The maximum absolute atomic E-state index is 16.4. The van der Waals surface area contributed by atoms with Crippen LogP contribution in [0.4, 0.5) is 10.1 Å². The van der Waals surface area contributed by atoms with Gasteiger partial charge in [0.15, 0.2) is 23.8 Å². The van der Waals surface area contributed by atoms with E-state index in [0.717, 1.165) is 46.6 Å². The summed E-state index contributed by atoms with van der Waals surface area (Å²) in [6.07, 6.45) is -1.60. The van der Waals surface area contributed by atoms with Crippen molar-refractivity contribution < 1.29 is 61.6 Å². The maximum atomic E-state index is 16.4. The average Bonchev–Trinajstić information content (AvgIpc) is 3.86. The molecule has 2 aromatic rings. The fourth-order valence-corrected chi connectivity index (χ4v) is 8.04. The summed E-state index contributed by atoms with van der Waals surface area (Å²) >= 11 is 0. The van der Waals surface area contributed by atoms with Gasteiger partial charge in [0.25, 0.3) is 5.91 Å². The molecule has 3 aliphatic heterocycles. The van der Waals surface area contributed by atoms with Crippen LogP contribution in [-0.4, -0.2) is 115 Å². The summed E-state index contributed by atoms with van der Waals surface area (Å²) in [4.78, 5) is 93.0. The van der Waals surface area contributed by atoms with Crippen molar-refractivity contribution >= 4 is 52.3 Å².